The maximum absolute atomic E-state index is 13.0. The first kappa shape index (κ1) is 32.3. The van der Waals surface area contributed by atoms with Crippen LogP contribution in [0.5, 0.6) is 5.75 Å². The van der Waals surface area contributed by atoms with Crippen molar-refractivity contribution in [1.82, 2.24) is 0 Å². The van der Waals surface area contributed by atoms with Crippen molar-refractivity contribution in [2.24, 2.45) is 56.7 Å². The van der Waals surface area contributed by atoms with Crippen LogP contribution in [0.15, 0.2) is 42.5 Å². The Balaban J connectivity index is 1.27. The van der Waals surface area contributed by atoms with Crippen LogP contribution in [0.25, 0.3) is 6.08 Å². The molecule has 0 bridgehead atoms. The number of rotatable bonds is 5. The highest BCUT2D eigenvalue weighted by molar-refractivity contribution is 5.87. The van der Waals surface area contributed by atoms with E-state index in [1.54, 1.807) is 30.3 Å². The molecule has 1 aromatic rings. The zero-order valence-electron chi connectivity index (χ0n) is 28.1. The number of carbonyl (C=O) groups excluding carboxylic acids is 1. The third-order valence-electron chi connectivity index (χ3n) is 14.9. The highest BCUT2D eigenvalue weighted by Crippen LogP contribution is 2.77. The Morgan fingerprint density at radius 1 is 0.911 bits per heavy atom. The van der Waals surface area contributed by atoms with Crippen molar-refractivity contribution >= 4 is 18.0 Å². The van der Waals surface area contributed by atoms with Gasteiger partial charge in [0, 0.05) is 11.5 Å². The molecule has 5 saturated carbocycles. The van der Waals surface area contributed by atoms with E-state index in [4.69, 9.17) is 4.74 Å². The van der Waals surface area contributed by atoms with E-state index in [2.05, 4.69) is 48.1 Å². The third kappa shape index (κ3) is 4.58. The van der Waals surface area contributed by atoms with Gasteiger partial charge in [-0.2, -0.15) is 0 Å². The Morgan fingerprint density at radius 2 is 1.60 bits per heavy atom. The molecule has 0 aliphatic heterocycles. The predicted molar refractivity (Wildman–Crippen MR) is 175 cm³/mol. The van der Waals surface area contributed by atoms with Gasteiger partial charge in [-0.15, -0.1) is 0 Å². The summed E-state index contributed by atoms with van der Waals surface area (Å²) in [6, 6.07) is 6.62. The summed E-state index contributed by atoms with van der Waals surface area (Å²) in [6.45, 7) is 18.2. The largest absolute Gasteiger partial charge is 0.508 e. The number of fused-ring (bicyclic) bond motifs is 7. The van der Waals surface area contributed by atoms with Crippen molar-refractivity contribution in [1.29, 1.82) is 0 Å². The summed E-state index contributed by atoms with van der Waals surface area (Å²) in [5.74, 6) is 0.537. The molecule has 11 unspecified atom stereocenters. The number of aromatic hydroxyl groups is 1. The summed E-state index contributed by atoms with van der Waals surface area (Å²) in [5, 5.41) is 31.9. The fraction of sp³-hybridized carbons (Fsp3) is 0.692. The molecular weight excluding hydrogens is 564 g/mol. The lowest BCUT2D eigenvalue weighted by atomic mass is 9.32. The molecule has 6 nitrogen and oxygen atoms in total. The Hall–Kier alpha value is -2.60. The van der Waals surface area contributed by atoms with Crippen LogP contribution in [-0.2, 0) is 14.3 Å². The first-order valence-electron chi connectivity index (χ1n) is 17.3. The van der Waals surface area contributed by atoms with Gasteiger partial charge in [-0.3, -0.25) is 4.79 Å². The molecular formula is C39H54O6. The molecule has 6 rings (SSSR count). The molecule has 0 amide bonds. The number of aliphatic carboxylic acids is 1. The van der Waals surface area contributed by atoms with Gasteiger partial charge in [0.2, 0.25) is 0 Å². The zero-order valence-corrected chi connectivity index (χ0v) is 28.1. The molecule has 0 radical (unpaired) electrons. The van der Waals surface area contributed by atoms with Gasteiger partial charge in [0.1, 0.15) is 11.9 Å². The predicted octanol–water partition coefficient (Wildman–Crippen LogP) is 8.03. The molecule has 5 fully saturated rings. The monoisotopic (exact) mass is 618 g/mol. The average molecular weight is 619 g/mol. The molecule has 5 aliphatic carbocycles. The van der Waals surface area contributed by atoms with E-state index in [-0.39, 0.29) is 39.7 Å². The number of esters is 1. The van der Waals surface area contributed by atoms with E-state index in [1.807, 2.05) is 0 Å². The number of hydrogen-bond acceptors (Lipinski definition) is 5. The van der Waals surface area contributed by atoms with Crippen LogP contribution in [-0.4, -0.2) is 39.5 Å². The van der Waals surface area contributed by atoms with E-state index >= 15 is 0 Å². The molecule has 45 heavy (non-hydrogen) atoms. The summed E-state index contributed by atoms with van der Waals surface area (Å²) in [7, 11) is 0. The summed E-state index contributed by atoms with van der Waals surface area (Å²) in [6.07, 6.45) is 9.82. The van der Waals surface area contributed by atoms with Crippen molar-refractivity contribution in [3.05, 3.63) is 48.1 Å². The zero-order chi connectivity index (χ0) is 32.7. The smallest absolute Gasteiger partial charge is 0.331 e. The highest BCUT2D eigenvalue weighted by Gasteiger charge is 2.72. The summed E-state index contributed by atoms with van der Waals surface area (Å²) in [4.78, 5) is 26.0. The number of phenols is 1. The van der Waals surface area contributed by atoms with Crippen LogP contribution in [0.3, 0.4) is 0 Å². The van der Waals surface area contributed by atoms with Crippen LogP contribution < -0.4 is 0 Å². The minimum absolute atomic E-state index is 0.0169. The van der Waals surface area contributed by atoms with Crippen molar-refractivity contribution in [3.63, 3.8) is 0 Å². The van der Waals surface area contributed by atoms with Gasteiger partial charge in [-0.25, -0.2) is 4.79 Å². The number of allylic oxidation sites excluding steroid dienone is 1. The number of carbonyl (C=O) groups is 2. The standard InChI is InChI=1S/C39H54O6/c1-23(2)26-16-19-39(34(43)44)21-20-37(6)27(32(26)39)13-14-30-36(5)22-28(41)33(35(3,4)29(36)17-18-38(30,37)7)45-31(42)15-10-24-8-11-25(40)12-9-24/h8-12,15,26-30,32-33,40-41H,1,13-14,16-22H2,2-7H3,(H,43,44)/b15-10+. The normalized spacial score (nSPS) is 45.1. The summed E-state index contributed by atoms with van der Waals surface area (Å²) in [5.41, 5.74) is 0.796. The maximum atomic E-state index is 13.0. The van der Waals surface area contributed by atoms with Crippen molar-refractivity contribution in [3.8, 4) is 5.75 Å². The van der Waals surface area contributed by atoms with E-state index < -0.39 is 35.0 Å². The Bertz CT molecular complexity index is 1390. The number of hydrogen-bond donors (Lipinski definition) is 3. The van der Waals surface area contributed by atoms with Crippen LogP contribution in [0.1, 0.15) is 105 Å². The van der Waals surface area contributed by atoms with Crippen LogP contribution in [0, 0.1) is 56.7 Å². The van der Waals surface area contributed by atoms with Gasteiger partial charge in [-0.05, 0) is 134 Å². The number of carboxylic acids is 1. The Morgan fingerprint density at radius 3 is 2.24 bits per heavy atom. The Labute approximate surface area is 269 Å². The molecule has 11 atom stereocenters. The molecule has 5 aliphatic rings. The molecule has 0 aromatic heterocycles. The summed E-state index contributed by atoms with van der Waals surface area (Å²) >= 11 is 0. The van der Waals surface area contributed by atoms with E-state index in [0.29, 0.717) is 18.3 Å². The lowest BCUT2D eigenvalue weighted by Gasteiger charge is -2.73. The molecule has 3 N–H and O–H groups in total. The first-order valence-corrected chi connectivity index (χ1v) is 17.3. The number of ether oxygens (including phenoxy) is 1. The first-order chi connectivity index (χ1) is 21.0. The minimum Gasteiger partial charge on any atom is -0.508 e. The highest BCUT2D eigenvalue weighted by atomic mass is 16.6. The van der Waals surface area contributed by atoms with Crippen LogP contribution in [0.4, 0.5) is 0 Å². The number of benzene rings is 1. The number of aliphatic hydroxyl groups is 1. The second-order valence-corrected chi connectivity index (χ2v) is 17.0. The van der Waals surface area contributed by atoms with E-state index in [9.17, 15) is 24.9 Å². The fourth-order valence-electron chi connectivity index (χ4n) is 12.8. The lowest BCUT2D eigenvalue weighted by molar-refractivity contribution is -0.265. The second-order valence-electron chi connectivity index (χ2n) is 17.0. The number of phenolic OH excluding ortho intramolecular Hbond substituents is 1. The van der Waals surface area contributed by atoms with Crippen molar-refractivity contribution < 1.29 is 29.6 Å². The SMILES string of the molecule is C=C(C)C1CCC2(C(=O)O)CCC3(C)C(CCC4C5(C)CC(O)C(OC(=O)/C=C/c6ccc(O)cc6)C(C)(C)C5CCC43C)C12. The quantitative estimate of drug-likeness (QED) is 0.175. The molecule has 6 heteroatoms. The second kappa shape index (κ2) is 10.7. The van der Waals surface area contributed by atoms with Gasteiger partial charge >= 0.3 is 11.9 Å². The van der Waals surface area contributed by atoms with Gasteiger partial charge < -0.3 is 20.1 Å². The lowest BCUT2D eigenvalue weighted by Crippen LogP contribution is -2.69. The molecule has 0 saturated heterocycles. The van der Waals surface area contributed by atoms with Gasteiger partial charge in [-0.1, -0.05) is 58.9 Å². The van der Waals surface area contributed by atoms with E-state index in [0.717, 1.165) is 62.5 Å². The molecule has 1 aromatic carbocycles. The molecule has 246 valence electrons. The van der Waals surface area contributed by atoms with Gasteiger partial charge in [0.25, 0.3) is 0 Å². The van der Waals surface area contributed by atoms with E-state index in [1.165, 1.54) is 6.08 Å². The third-order valence-corrected chi connectivity index (χ3v) is 14.9. The number of carboxylic acid groups (broad SMARTS) is 1. The van der Waals surface area contributed by atoms with Crippen LogP contribution >= 0.6 is 0 Å². The van der Waals surface area contributed by atoms with Gasteiger partial charge in [0.15, 0.2) is 0 Å². The molecule has 0 heterocycles. The van der Waals surface area contributed by atoms with Crippen LogP contribution in [0.2, 0.25) is 0 Å². The van der Waals surface area contributed by atoms with Gasteiger partial charge in [0.05, 0.1) is 11.5 Å². The topological polar surface area (TPSA) is 104 Å². The van der Waals surface area contributed by atoms with Crippen molar-refractivity contribution in [2.75, 3.05) is 0 Å². The average Bonchev–Trinajstić information content (AvgIpc) is 3.37. The fourth-order valence-corrected chi connectivity index (χ4v) is 12.8. The number of aliphatic hydroxyl groups excluding tert-OH is 1. The minimum atomic E-state index is -0.770. The maximum Gasteiger partial charge on any atom is 0.331 e. The Kier molecular flexibility index (Phi) is 7.70. The van der Waals surface area contributed by atoms with Crippen molar-refractivity contribution in [2.45, 2.75) is 112 Å². The summed E-state index contributed by atoms with van der Waals surface area (Å²) < 4.78 is 6.05. The molecule has 0 spiro atoms.